The van der Waals surface area contributed by atoms with E-state index < -0.39 is 16.7 Å². The second-order valence-electron chi connectivity index (χ2n) is 4.20. The Morgan fingerprint density at radius 1 is 1.41 bits per heavy atom. The fraction of sp³-hybridized carbons (Fsp3) is 0.0769. The van der Waals surface area contributed by atoms with Crippen molar-refractivity contribution >= 4 is 50.2 Å². The molecule has 0 bridgehead atoms. The number of hydrogen-bond acceptors (Lipinski definition) is 7. The predicted octanol–water partition coefficient (Wildman–Crippen LogP) is 3.77. The number of hydrogen-bond donors (Lipinski definition) is 1. The quantitative estimate of drug-likeness (QED) is 0.443. The molecule has 0 saturated carbocycles. The molecule has 0 fully saturated rings. The van der Waals surface area contributed by atoms with Gasteiger partial charge in [-0.2, -0.15) is 0 Å². The van der Waals surface area contributed by atoms with Gasteiger partial charge in [0.25, 0.3) is 5.91 Å². The minimum atomic E-state index is -0.696. The first kappa shape index (κ1) is 14.5. The average molecular weight is 335 g/mol. The molecule has 22 heavy (non-hydrogen) atoms. The third kappa shape index (κ3) is 2.81. The lowest BCUT2D eigenvalue weighted by atomic mass is 10.3. The van der Waals surface area contributed by atoms with E-state index in [0.29, 0.717) is 5.13 Å². The van der Waals surface area contributed by atoms with Gasteiger partial charge in [0.15, 0.2) is 10.9 Å². The molecule has 0 spiro atoms. The highest BCUT2D eigenvalue weighted by Crippen LogP contribution is 2.29. The Morgan fingerprint density at radius 2 is 2.23 bits per heavy atom. The van der Waals surface area contributed by atoms with Gasteiger partial charge < -0.3 is 4.42 Å². The van der Waals surface area contributed by atoms with Crippen LogP contribution in [-0.2, 0) is 0 Å². The molecule has 0 aliphatic heterocycles. The summed E-state index contributed by atoms with van der Waals surface area (Å²) in [6.45, 7) is 0. The number of carbonyl (C=O) groups excluding carboxylic acids is 1. The van der Waals surface area contributed by atoms with Crippen LogP contribution in [0.1, 0.15) is 10.6 Å². The number of nitrogens with zero attached hydrogens (tertiary/aromatic N) is 2. The number of nitro groups is 1. The number of thiazole rings is 1. The van der Waals surface area contributed by atoms with Gasteiger partial charge in [0.2, 0.25) is 0 Å². The maximum atomic E-state index is 12.0. The lowest BCUT2D eigenvalue weighted by Crippen LogP contribution is -2.10. The number of rotatable bonds is 4. The number of anilines is 1. The molecule has 1 N–H and O–H groups in total. The van der Waals surface area contributed by atoms with Gasteiger partial charge in [-0.15, -0.1) is 11.8 Å². The van der Waals surface area contributed by atoms with Crippen LogP contribution in [-0.4, -0.2) is 22.1 Å². The number of benzene rings is 1. The first-order valence-electron chi connectivity index (χ1n) is 6.07. The van der Waals surface area contributed by atoms with Gasteiger partial charge in [-0.1, -0.05) is 11.3 Å². The lowest BCUT2D eigenvalue weighted by Gasteiger charge is -1.96. The third-order valence-electron chi connectivity index (χ3n) is 2.81. The summed E-state index contributed by atoms with van der Waals surface area (Å²) in [5.41, 5.74) is 0.781. The minimum absolute atomic E-state index is 0.129. The van der Waals surface area contributed by atoms with Gasteiger partial charge in [-0.05, 0) is 30.5 Å². The van der Waals surface area contributed by atoms with Gasteiger partial charge in [0, 0.05) is 4.90 Å². The molecule has 0 aliphatic carbocycles. The molecule has 7 nitrogen and oxygen atoms in total. The normalized spacial score (nSPS) is 10.8. The molecule has 9 heteroatoms. The molecule has 0 unspecified atom stereocenters. The van der Waals surface area contributed by atoms with E-state index in [1.54, 1.807) is 11.8 Å². The van der Waals surface area contributed by atoms with Gasteiger partial charge in [0.05, 0.1) is 16.3 Å². The van der Waals surface area contributed by atoms with Crippen molar-refractivity contribution in [2.24, 2.45) is 0 Å². The molecule has 1 aromatic carbocycles. The smallest absolute Gasteiger partial charge is 0.395 e. The van der Waals surface area contributed by atoms with Crippen molar-refractivity contribution in [3.8, 4) is 0 Å². The number of fused-ring (bicyclic) bond motifs is 1. The Bertz CT molecular complexity index is 871. The highest BCUT2D eigenvalue weighted by Gasteiger charge is 2.18. The number of nitrogens with one attached hydrogen (secondary N) is 1. The predicted molar refractivity (Wildman–Crippen MR) is 84.7 cm³/mol. The second kappa shape index (κ2) is 5.78. The number of thioether (sulfide) groups is 1. The molecule has 2 heterocycles. The van der Waals surface area contributed by atoms with E-state index in [4.69, 9.17) is 4.42 Å². The molecule has 0 atom stereocenters. The van der Waals surface area contributed by atoms with Crippen molar-refractivity contribution < 1.29 is 14.1 Å². The van der Waals surface area contributed by atoms with Crippen molar-refractivity contribution in [2.45, 2.75) is 4.90 Å². The van der Waals surface area contributed by atoms with E-state index in [-0.39, 0.29) is 5.76 Å². The average Bonchev–Trinajstić information content (AvgIpc) is 3.12. The highest BCUT2D eigenvalue weighted by atomic mass is 32.2. The lowest BCUT2D eigenvalue weighted by molar-refractivity contribution is -0.402. The van der Waals surface area contributed by atoms with Crippen LogP contribution in [0.3, 0.4) is 0 Å². The van der Waals surface area contributed by atoms with Gasteiger partial charge in [0.1, 0.15) is 4.92 Å². The topological polar surface area (TPSA) is 98.3 Å². The van der Waals surface area contributed by atoms with Crippen LogP contribution in [0.5, 0.6) is 0 Å². The first-order chi connectivity index (χ1) is 10.6. The molecule has 1 amide bonds. The van der Waals surface area contributed by atoms with E-state index in [9.17, 15) is 14.9 Å². The van der Waals surface area contributed by atoms with Crippen molar-refractivity contribution in [3.63, 3.8) is 0 Å². The Kier molecular flexibility index (Phi) is 3.82. The zero-order valence-electron chi connectivity index (χ0n) is 11.2. The summed E-state index contributed by atoms with van der Waals surface area (Å²) in [7, 11) is 0. The second-order valence-corrected chi connectivity index (χ2v) is 6.11. The van der Waals surface area contributed by atoms with Crippen molar-refractivity contribution in [2.75, 3.05) is 11.6 Å². The summed E-state index contributed by atoms with van der Waals surface area (Å²) in [5.74, 6) is -1.17. The monoisotopic (exact) mass is 335 g/mol. The van der Waals surface area contributed by atoms with E-state index in [1.807, 2.05) is 24.5 Å². The fourth-order valence-electron chi connectivity index (χ4n) is 1.79. The summed E-state index contributed by atoms with van der Waals surface area (Å²) in [5, 5.41) is 13.5. The fourth-order valence-corrected chi connectivity index (χ4v) is 3.21. The van der Waals surface area contributed by atoms with Crippen LogP contribution in [0.4, 0.5) is 11.0 Å². The summed E-state index contributed by atoms with van der Waals surface area (Å²) in [6, 6.07) is 8.22. The molecule has 3 aromatic rings. The van der Waals surface area contributed by atoms with Gasteiger partial charge in [-0.25, -0.2) is 4.98 Å². The largest absolute Gasteiger partial charge is 0.433 e. The molecule has 0 radical (unpaired) electrons. The van der Waals surface area contributed by atoms with Crippen molar-refractivity contribution in [1.82, 2.24) is 4.98 Å². The van der Waals surface area contributed by atoms with Crippen LogP contribution >= 0.6 is 23.1 Å². The summed E-state index contributed by atoms with van der Waals surface area (Å²) >= 11 is 2.95. The zero-order valence-corrected chi connectivity index (χ0v) is 12.9. The molecule has 3 rings (SSSR count). The molecule has 0 aliphatic rings. The SMILES string of the molecule is CSc1ccc2nc(NC(=O)c3ccc([N+](=O)[O-])o3)sc2c1. The van der Waals surface area contributed by atoms with E-state index in [2.05, 4.69) is 10.3 Å². The molecule has 112 valence electrons. The Hall–Kier alpha value is -2.39. The molecule has 0 saturated heterocycles. The Morgan fingerprint density at radius 3 is 2.91 bits per heavy atom. The molecular formula is C13H9N3O4S2. The van der Waals surface area contributed by atoms with Crippen LogP contribution in [0.15, 0.2) is 39.6 Å². The zero-order chi connectivity index (χ0) is 15.7. The number of amides is 1. The number of furan rings is 1. The van der Waals surface area contributed by atoms with Crippen LogP contribution in [0, 0.1) is 10.1 Å². The van der Waals surface area contributed by atoms with Crippen molar-refractivity contribution in [1.29, 1.82) is 0 Å². The van der Waals surface area contributed by atoms with Crippen LogP contribution in [0.2, 0.25) is 0 Å². The number of aromatic nitrogens is 1. The Labute approximate surface area is 132 Å². The van der Waals surface area contributed by atoms with Gasteiger partial charge >= 0.3 is 5.88 Å². The molecule has 2 aromatic heterocycles. The van der Waals surface area contributed by atoms with E-state index in [1.165, 1.54) is 17.4 Å². The Balaban J connectivity index is 1.82. The molecular weight excluding hydrogens is 326 g/mol. The highest BCUT2D eigenvalue weighted by molar-refractivity contribution is 7.98. The first-order valence-corrected chi connectivity index (χ1v) is 8.11. The maximum Gasteiger partial charge on any atom is 0.433 e. The summed E-state index contributed by atoms with van der Waals surface area (Å²) in [6.07, 6.45) is 1.98. The van der Waals surface area contributed by atoms with E-state index in [0.717, 1.165) is 21.2 Å². The third-order valence-corrected chi connectivity index (χ3v) is 4.47. The number of carbonyl (C=O) groups is 1. The van der Waals surface area contributed by atoms with Crippen molar-refractivity contribution in [3.05, 3.63) is 46.2 Å². The standard InChI is InChI=1S/C13H9N3O4S2/c1-21-7-2-3-8-10(6-7)22-13(14-8)15-12(17)9-4-5-11(20-9)16(18)19/h2-6H,1H3,(H,14,15,17). The minimum Gasteiger partial charge on any atom is -0.395 e. The van der Waals surface area contributed by atoms with Crippen LogP contribution in [0.25, 0.3) is 10.2 Å². The summed E-state index contributed by atoms with van der Waals surface area (Å²) in [4.78, 5) is 27.2. The van der Waals surface area contributed by atoms with Crippen LogP contribution < -0.4 is 5.32 Å². The summed E-state index contributed by atoms with van der Waals surface area (Å²) < 4.78 is 5.80. The van der Waals surface area contributed by atoms with E-state index >= 15 is 0 Å². The van der Waals surface area contributed by atoms with Gasteiger partial charge in [-0.3, -0.25) is 20.2 Å². The maximum absolute atomic E-state index is 12.0.